The third-order valence-electron chi connectivity index (χ3n) is 4.58. The van der Waals surface area contributed by atoms with Gasteiger partial charge in [0.1, 0.15) is 0 Å². The summed E-state index contributed by atoms with van der Waals surface area (Å²) in [5.41, 5.74) is 0. The lowest BCUT2D eigenvalue weighted by Gasteiger charge is -2.23. The molecule has 3 atom stereocenters. The van der Waals surface area contributed by atoms with Crippen LogP contribution in [0.4, 0.5) is 0 Å². The molecule has 6 nitrogen and oxygen atoms in total. The molecule has 0 aliphatic rings. The van der Waals surface area contributed by atoms with Crippen LogP contribution in [0.3, 0.4) is 0 Å². The number of hydrogen-bond donors (Lipinski definition) is 2. The summed E-state index contributed by atoms with van der Waals surface area (Å²) >= 11 is 0. The van der Waals surface area contributed by atoms with Gasteiger partial charge >= 0.3 is 0 Å². The SMILES string of the molecule is CC(C)CC(CO)OC(C)C.CC(C)CC(COC(C)C)OC(C)C.CC(C)CC(O)COC(C)C. The average molecular weight is 523 g/mol. The summed E-state index contributed by atoms with van der Waals surface area (Å²) in [6.07, 6.45) is 3.83. The maximum atomic E-state index is 9.34. The minimum Gasteiger partial charge on any atom is -0.394 e. The van der Waals surface area contributed by atoms with Crippen molar-refractivity contribution < 1.29 is 29.2 Å². The van der Waals surface area contributed by atoms with Crippen molar-refractivity contribution in [3.05, 3.63) is 0 Å². The van der Waals surface area contributed by atoms with E-state index in [0.29, 0.717) is 37.1 Å². The van der Waals surface area contributed by atoms with Crippen molar-refractivity contribution in [2.75, 3.05) is 19.8 Å². The van der Waals surface area contributed by atoms with Crippen molar-refractivity contribution >= 4 is 0 Å². The molecule has 0 saturated heterocycles. The largest absolute Gasteiger partial charge is 0.394 e. The fraction of sp³-hybridized carbons (Fsp3) is 1.00. The highest BCUT2D eigenvalue weighted by Gasteiger charge is 2.14. The summed E-state index contributed by atoms with van der Waals surface area (Å²) in [6, 6.07) is 0. The van der Waals surface area contributed by atoms with Gasteiger partial charge in [-0.2, -0.15) is 0 Å². The van der Waals surface area contributed by atoms with Crippen LogP contribution in [0.2, 0.25) is 0 Å². The Labute approximate surface area is 225 Å². The maximum absolute atomic E-state index is 9.34. The molecular weight excluding hydrogens is 456 g/mol. The molecule has 0 aromatic carbocycles. The van der Waals surface area contributed by atoms with E-state index in [-0.39, 0.29) is 43.2 Å². The van der Waals surface area contributed by atoms with Crippen LogP contribution >= 0.6 is 0 Å². The maximum Gasteiger partial charge on any atom is 0.0814 e. The third-order valence-corrected chi connectivity index (χ3v) is 4.58. The van der Waals surface area contributed by atoms with Crippen LogP contribution in [-0.2, 0) is 18.9 Å². The fourth-order valence-electron chi connectivity index (χ4n) is 3.37. The van der Waals surface area contributed by atoms with Crippen LogP contribution in [0.1, 0.15) is 116 Å². The number of ether oxygens (including phenoxy) is 4. The van der Waals surface area contributed by atoms with E-state index in [4.69, 9.17) is 24.1 Å². The van der Waals surface area contributed by atoms with Gasteiger partial charge < -0.3 is 29.2 Å². The first-order chi connectivity index (χ1) is 16.5. The molecule has 0 bridgehead atoms. The molecule has 0 aromatic heterocycles. The lowest BCUT2D eigenvalue weighted by atomic mass is 10.1. The lowest BCUT2D eigenvalue weighted by Crippen LogP contribution is -2.26. The zero-order valence-electron chi connectivity index (χ0n) is 26.5. The molecule has 0 saturated carbocycles. The predicted octanol–water partition coefficient (Wildman–Crippen LogP) is 6.89. The van der Waals surface area contributed by atoms with Crippen LogP contribution in [-0.4, -0.2) is 72.8 Å². The molecule has 0 aliphatic carbocycles. The summed E-state index contributed by atoms with van der Waals surface area (Å²) < 4.78 is 22.1. The van der Waals surface area contributed by atoms with Gasteiger partial charge in [-0.3, -0.25) is 0 Å². The van der Waals surface area contributed by atoms with E-state index in [0.717, 1.165) is 19.3 Å². The number of rotatable bonds is 17. The van der Waals surface area contributed by atoms with Gasteiger partial charge in [-0.1, -0.05) is 41.5 Å². The quantitative estimate of drug-likeness (QED) is 0.217. The normalized spacial score (nSPS) is 14.4. The number of hydrogen-bond acceptors (Lipinski definition) is 6. The molecule has 3 unspecified atom stereocenters. The first-order valence-corrected chi connectivity index (χ1v) is 14.3. The Morgan fingerprint density at radius 3 is 1.17 bits per heavy atom. The molecule has 0 heterocycles. The van der Waals surface area contributed by atoms with E-state index >= 15 is 0 Å². The van der Waals surface area contributed by atoms with Gasteiger partial charge in [0.15, 0.2) is 0 Å². The van der Waals surface area contributed by atoms with Crippen molar-refractivity contribution in [3.63, 3.8) is 0 Å². The summed E-state index contributed by atoms with van der Waals surface area (Å²) in [5, 5.41) is 18.2. The van der Waals surface area contributed by atoms with E-state index in [1.54, 1.807) is 0 Å². The van der Waals surface area contributed by atoms with Gasteiger partial charge in [0, 0.05) is 0 Å². The van der Waals surface area contributed by atoms with Crippen molar-refractivity contribution in [3.8, 4) is 0 Å². The molecule has 2 N–H and O–H groups in total. The van der Waals surface area contributed by atoms with E-state index in [1.807, 2.05) is 27.7 Å². The van der Waals surface area contributed by atoms with Crippen molar-refractivity contribution in [1.29, 1.82) is 0 Å². The predicted molar refractivity (Wildman–Crippen MR) is 154 cm³/mol. The second kappa shape index (κ2) is 25.1. The molecule has 0 rings (SSSR count). The van der Waals surface area contributed by atoms with Gasteiger partial charge in [0.2, 0.25) is 0 Å². The van der Waals surface area contributed by atoms with Gasteiger partial charge in [-0.15, -0.1) is 0 Å². The number of aliphatic hydroxyl groups excluding tert-OH is 2. The molecule has 222 valence electrons. The smallest absolute Gasteiger partial charge is 0.0814 e. The zero-order chi connectivity index (χ0) is 28.8. The zero-order valence-corrected chi connectivity index (χ0v) is 26.5. The van der Waals surface area contributed by atoms with Crippen LogP contribution in [0.15, 0.2) is 0 Å². The highest BCUT2D eigenvalue weighted by Crippen LogP contribution is 2.12. The summed E-state index contributed by atoms with van der Waals surface area (Å²) in [5.74, 6) is 1.79. The van der Waals surface area contributed by atoms with Crippen molar-refractivity contribution in [1.82, 2.24) is 0 Å². The first kappa shape index (κ1) is 40.3. The summed E-state index contributed by atoms with van der Waals surface area (Å²) in [6.45, 7) is 30.4. The Morgan fingerprint density at radius 2 is 0.833 bits per heavy atom. The van der Waals surface area contributed by atoms with Gasteiger partial charge in [0.25, 0.3) is 0 Å². The molecule has 0 spiro atoms. The lowest BCUT2D eigenvalue weighted by molar-refractivity contribution is -0.0657. The van der Waals surface area contributed by atoms with E-state index in [2.05, 4.69) is 69.2 Å². The van der Waals surface area contributed by atoms with Crippen LogP contribution in [0.5, 0.6) is 0 Å². The first-order valence-electron chi connectivity index (χ1n) is 14.3. The molecule has 36 heavy (non-hydrogen) atoms. The summed E-state index contributed by atoms with van der Waals surface area (Å²) in [4.78, 5) is 0. The Morgan fingerprint density at radius 1 is 0.472 bits per heavy atom. The Hall–Kier alpha value is -0.240. The van der Waals surface area contributed by atoms with Crippen LogP contribution in [0.25, 0.3) is 0 Å². The van der Waals surface area contributed by atoms with E-state index in [9.17, 15) is 5.11 Å². The second-order valence-corrected chi connectivity index (χ2v) is 12.1. The molecule has 0 amide bonds. The Kier molecular flexibility index (Phi) is 28.0. The van der Waals surface area contributed by atoms with Crippen molar-refractivity contribution in [2.24, 2.45) is 17.8 Å². The van der Waals surface area contributed by atoms with Gasteiger partial charge in [-0.25, -0.2) is 0 Å². The van der Waals surface area contributed by atoms with Gasteiger partial charge in [0.05, 0.1) is 62.5 Å². The number of aliphatic hydroxyl groups is 2. The molecular formula is C30H66O6. The topological polar surface area (TPSA) is 77.4 Å². The van der Waals surface area contributed by atoms with E-state index in [1.165, 1.54) is 0 Å². The monoisotopic (exact) mass is 522 g/mol. The molecule has 0 fully saturated rings. The Balaban J connectivity index is -0.000000459. The highest BCUT2D eigenvalue weighted by molar-refractivity contribution is 4.62. The molecule has 0 aromatic rings. The second-order valence-electron chi connectivity index (χ2n) is 12.1. The van der Waals surface area contributed by atoms with Gasteiger partial charge in [-0.05, 0) is 92.4 Å². The molecule has 0 radical (unpaired) electrons. The highest BCUT2D eigenvalue weighted by atomic mass is 16.5. The standard InChI is InChI=1S/C12H26O2.2C9H20O2/c1-9(2)7-12(14-11(5)6)8-13-10(3)4;1-7(2)5-9(10)6-11-8(3)4;1-7(2)5-9(6-10)11-8(3)4/h9-12H,7-8H2,1-6H3;2*7-10H,5-6H2,1-4H3. The minimum atomic E-state index is -0.294. The van der Waals surface area contributed by atoms with Crippen LogP contribution in [0, 0.1) is 17.8 Å². The van der Waals surface area contributed by atoms with Crippen LogP contribution < -0.4 is 0 Å². The minimum absolute atomic E-state index is 0.0231. The summed E-state index contributed by atoms with van der Waals surface area (Å²) in [7, 11) is 0. The third kappa shape index (κ3) is 35.9. The molecule has 0 aliphatic heterocycles. The van der Waals surface area contributed by atoms with Crippen molar-refractivity contribution in [2.45, 2.75) is 159 Å². The Bertz CT molecular complexity index is 415. The molecule has 6 heteroatoms. The van der Waals surface area contributed by atoms with E-state index < -0.39 is 0 Å². The fourth-order valence-corrected chi connectivity index (χ4v) is 3.37. The average Bonchev–Trinajstić information content (AvgIpc) is 2.69.